The molecule has 2 heterocycles. The van der Waals surface area contributed by atoms with Crippen molar-refractivity contribution < 1.29 is 18.7 Å². The van der Waals surface area contributed by atoms with Crippen LogP contribution in [0.3, 0.4) is 0 Å². The number of aromatic nitrogens is 1. The van der Waals surface area contributed by atoms with Crippen LogP contribution in [0.15, 0.2) is 79.5 Å². The predicted molar refractivity (Wildman–Crippen MR) is 138 cm³/mol. The fraction of sp³-hybridized carbons (Fsp3) is 0.143. The lowest BCUT2D eigenvalue weighted by atomic mass is 10.00. The zero-order chi connectivity index (χ0) is 25.2. The van der Waals surface area contributed by atoms with Crippen molar-refractivity contribution in [1.29, 1.82) is 0 Å². The summed E-state index contributed by atoms with van der Waals surface area (Å²) in [5, 5.41) is 3.44. The number of fused-ring (bicyclic) bond motifs is 1. The Kier molecular flexibility index (Phi) is 6.16. The second-order valence-corrected chi connectivity index (χ2v) is 8.65. The van der Waals surface area contributed by atoms with Crippen LogP contribution in [0.4, 0.5) is 10.1 Å². The third-order valence-corrected chi connectivity index (χ3v) is 6.33. The first-order valence-corrected chi connectivity index (χ1v) is 11.6. The summed E-state index contributed by atoms with van der Waals surface area (Å²) < 4.78 is 21.4. The molecule has 1 aliphatic heterocycles. The summed E-state index contributed by atoms with van der Waals surface area (Å²) in [7, 11) is 0. The summed E-state index contributed by atoms with van der Waals surface area (Å²) >= 11 is 0. The summed E-state index contributed by atoms with van der Waals surface area (Å²) in [5.74, 6) is -0.147. The number of H-pyrrole nitrogens is 1. The molecule has 0 unspecified atom stereocenters. The number of benzene rings is 3. The molecule has 182 valence electrons. The number of aromatic amines is 1. The van der Waals surface area contributed by atoms with Gasteiger partial charge in [0, 0.05) is 36.3 Å². The van der Waals surface area contributed by atoms with E-state index in [4.69, 9.17) is 10.5 Å². The van der Waals surface area contributed by atoms with E-state index in [-0.39, 0.29) is 17.5 Å². The number of hydrogen-bond acceptors (Lipinski definition) is 4. The number of amides is 2. The summed E-state index contributed by atoms with van der Waals surface area (Å²) in [6.45, 7) is 4.45. The SMILES string of the molecule is C=CC(=O)N[C@@H]1CCN(c2c(F)cc(C(N)=O)c3[nH]cc(-c4ccc(Oc5ccccc5)cc4)c23)C1. The number of halogens is 1. The Balaban J connectivity index is 1.54. The number of carbonyl (C=O) groups excluding carboxylic acids is 2. The Morgan fingerprint density at radius 1 is 1.14 bits per heavy atom. The van der Waals surface area contributed by atoms with Crippen molar-refractivity contribution in [2.75, 3.05) is 18.0 Å². The molecular formula is C28H25FN4O3. The first-order valence-electron chi connectivity index (χ1n) is 11.6. The molecule has 36 heavy (non-hydrogen) atoms. The van der Waals surface area contributed by atoms with Gasteiger partial charge in [-0.1, -0.05) is 36.9 Å². The van der Waals surface area contributed by atoms with E-state index in [2.05, 4.69) is 16.9 Å². The fourth-order valence-corrected chi connectivity index (χ4v) is 4.67. The monoisotopic (exact) mass is 484 g/mol. The lowest BCUT2D eigenvalue weighted by Gasteiger charge is -2.22. The van der Waals surface area contributed by atoms with Crippen LogP contribution in [0.2, 0.25) is 0 Å². The second-order valence-electron chi connectivity index (χ2n) is 8.65. The van der Waals surface area contributed by atoms with Crippen LogP contribution in [-0.2, 0) is 4.79 Å². The molecule has 0 radical (unpaired) electrons. The third kappa shape index (κ3) is 4.40. The van der Waals surface area contributed by atoms with Gasteiger partial charge in [-0.3, -0.25) is 9.59 Å². The number of anilines is 1. The number of nitrogens with two attached hydrogens (primary N) is 1. The van der Waals surface area contributed by atoms with Gasteiger partial charge in [0.2, 0.25) is 5.91 Å². The van der Waals surface area contributed by atoms with Crippen molar-refractivity contribution in [3.8, 4) is 22.6 Å². The van der Waals surface area contributed by atoms with Crippen LogP contribution in [-0.4, -0.2) is 35.9 Å². The highest BCUT2D eigenvalue weighted by atomic mass is 19.1. The standard InChI is InChI=1S/C28H25FN4O3/c1-2-24(34)32-18-12-13-33(16-18)27-23(29)14-21(28(30)35)26-25(27)22(15-31-26)17-8-10-20(11-9-17)36-19-6-4-3-5-7-19/h2-11,14-15,18,31H,1,12-13,16H2,(H2,30,35)(H,32,34)/t18-/m1/s1. The Bertz CT molecular complexity index is 1450. The largest absolute Gasteiger partial charge is 0.457 e. The van der Waals surface area contributed by atoms with Gasteiger partial charge < -0.3 is 25.7 Å². The van der Waals surface area contributed by atoms with Gasteiger partial charge in [-0.2, -0.15) is 0 Å². The number of ether oxygens (including phenoxy) is 1. The van der Waals surface area contributed by atoms with Crippen LogP contribution in [0.1, 0.15) is 16.8 Å². The topological polar surface area (TPSA) is 100 Å². The fourth-order valence-electron chi connectivity index (χ4n) is 4.67. The van der Waals surface area contributed by atoms with Gasteiger partial charge in [-0.15, -0.1) is 0 Å². The molecule has 1 fully saturated rings. The average molecular weight is 485 g/mol. The maximum atomic E-state index is 15.5. The van der Waals surface area contributed by atoms with Gasteiger partial charge in [0.1, 0.15) is 17.3 Å². The van der Waals surface area contributed by atoms with E-state index >= 15 is 4.39 Å². The van der Waals surface area contributed by atoms with E-state index in [0.29, 0.717) is 41.9 Å². The predicted octanol–water partition coefficient (Wildman–Crippen LogP) is 4.75. The van der Waals surface area contributed by atoms with E-state index in [0.717, 1.165) is 16.9 Å². The lowest BCUT2D eigenvalue weighted by Crippen LogP contribution is -2.36. The first-order chi connectivity index (χ1) is 17.4. The molecule has 0 saturated carbocycles. The van der Waals surface area contributed by atoms with E-state index in [1.54, 1.807) is 6.20 Å². The van der Waals surface area contributed by atoms with Gasteiger partial charge >= 0.3 is 0 Å². The molecular weight excluding hydrogens is 459 g/mol. The zero-order valence-electron chi connectivity index (χ0n) is 19.5. The Labute approximate surface area is 207 Å². The Morgan fingerprint density at radius 2 is 1.86 bits per heavy atom. The first kappa shape index (κ1) is 23.2. The molecule has 1 aromatic heterocycles. The Morgan fingerprint density at radius 3 is 2.56 bits per heavy atom. The van der Waals surface area contributed by atoms with Crippen LogP contribution >= 0.6 is 0 Å². The van der Waals surface area contributed by atoms with Crippen molar-refractivity contribution in [2.24, 2.45) is 5.73 Å². The Hall–Kier alpha value is -4.59. The molecule has 5 rings (SSSR count). The number of primary amides is 1. The highest BCUT2D eigenvalue weighted by Crippen LogP contribution is 2.41. The van der Waals surface area contributed by atoms with Crippen LogP contribution < -0.4 is 20.7 Å². The summed E-state index contributed by atoms with van der Waals surface area (Å²) in [5.41, 5.74) is 8.04. The maximum Gasteiger partial charge on any atom is 0.250 e. The molecule has 3 aromatic carbocycles. The van der Waals surface area contributed by atoms with Crippen LogP contribution in [0, 0.1) is 5.82 Å². The highest BCUT2D eigenvalue weighted by Gasteiger charge is 2.29. The number of nitrogens with one attached hydrogen (secondary N) is 2. The van der Waals surface area contributed by atoms with E-state index in [1.807, 2.05) is 59.5 Å². The molecule has 4 N–H and O–H groups in total. The summed E-state index contributed by atoms with van der Waals surface area (Å²) in [4.78, 5) is 28.9. The molecule has 0 spiro atoms. The average Bonchev–Trinajstić information content (AvgIpc) is 3.52. The summed E-state index contributed by atoms with van der Waals surface area (Å²) in [6.07, 6.45) is 3.63. The molecule has 1 atom stereocenters. The molecule has 1 saturated heterocycles. The second kappa shape index (κ2) is 9.58. The zero-order valence-corrected chi connectivity index (χ0v) is 19.5. The van der Waals surface area contributed by atoms with Crippen LogP contribution in [0.5, 0.6) is 11.5 Å². The van der Waals surface area contributed by atoms with E-state index in [9.17, 15) is 9.59 Å². The maximum absolute atomic E-state index is 15.5. The summed E-state index contributed by atoms with van der Waals surface area (Å²) in [6, 6.07) is 17.9. The normalized spacial score (nSPS) is 15.1. The molecule has 8 heteroatoms. The van der Waals surface area contributed by atoms with Crippen molar-refractivity contribution in [2.45, 2.75) is 12.5 Å². The molecule has 0 bridgehead atoms. The van der Waals surface area contributed by atoms with Gasteiger partial charge in [0.15, 0.2) is 0 Å². The van der Waals surface area contributed by atoms with Crippen molar-refractivity contribution >= 4 is 28.4 Å². The van der Waals surface area contributed by atoms with Gasteiger partial charge in [-0.05, 0) is 48.4 Å². The third-order valence-electron chi connectivity index (χ3n) is 6.33. The number of rotatable bonds is 7. The van der Waals surface area contributed by atoms with Crippen LogP contribution in [0.25, 0.3) is 22.0 Å². The van der Waals surface area contributed by atoms with Crippen molar-refractivity contribution in [3.05, 3.63) is 90.9 Å². The lowest BCUT2D eigenvalue weighted by molar-refractivity contribution is -0.117. The minimum absolute atomic E-state index is 0.0808. The number of hydrogen-bond donors (Lipinski definition) is 3. The molecule has 7 nitrogen and oxygen atoms in total. The minimum Gasteiger partial charge on any atom is -0.457 e. The van der Waals surface area contributed by atoms with Crippen molar-refractivity contribution in [1.82, 2.24) is 10.3 Å². The minimum atomic E-state index is -0.719. The highest BCUT2D eigenvalue weighted by molar-refractivity contribution is 6.13. The molecule has 0 aliphatic carbocycles. The smallest absolute Gasteiger partial charge is 0.250 e. The van der Waals surface area contributed by atoms with E-state index in [1.165, 1.54) is 12.1 Å². The van der Waals surface area contributed by atoms with Gasteiger partial charge in [0.05, 0.1) is 16.8 Å². The number of carbonyl (C=O) groups is 2. The van der Waals surface area contributed by atoms with Gasteiger partial charge in [0.25, 0.3) is 5.91 Å². The van der Waals surface area contributed by atoms with Crippen molar-refractivity contribution in [3.63, 3.8) is 0 Å². The molecule has 4 aromatic rings. The molecule has 1 aliphatic rings. The number of nitrogens with zero attached hydrogens (tertiary/aromatic N) is 1. The number of para-hydroxylation sites is 1. The molecule has 2 amide bonds. The van der Waals surface area contributed by atoms with Gasteiger partial charge in [-0.25, -0.2) is 4.39 Å². The van der Waals surface area contributed by atoms with E-state index < -0.39 is 11.7 Å². The quantitative estimate of drug-likeness (QED) is 0.330.